The van der Waals surface area contributed by atoms with Gasteiger partial charge in [-0.3, -0.25) is 20.4 Å². The maximum atomic E-state index is 11.1. The van der Waals surface area contributed by atoms with Crippen molar-refractivity contribution >= 4 is 23.5 Å². The average molecular weight is 226 g/mol. The Kier molecular flexibility index (Phi) is 6.74. The molecule has 2 amide bonds. The smallest absolute Gasteiger partial charge is 0.225 e. The molecule has 16 heavy (non-hydrogen) atoms. The van der Waals surface area contributed by atoms with Crippen molar-refractivity contribution in [2.75, 3.05) is 0 Å². The van der Waals surface area contributed by atoms with E-state index in [0.29, 0.717) is 25.7 Å². The molecule has 6 heteroatoms. The van der Waals surface area contributed by atoms with E-state index in [2.05, 4.69) is 10.6 Å². The Hall–Kier alpha value is -1.72. The van der Waals surface area contributed by atoms with Gasteiger partial charge in [-0.15, -0.1) is 0 Å². The molecule has 4 N–H and O–H groups in total. The monoisotopic (exact) mass is 226 g/mol. The van der Waals surface area contributed by atoms with E-state index in [-0.39, 0.29) is 23.5 Å². The second kappa shape index (κ2) is 7.56. The van der Waals surface area contributed by atoms with Crippen LogP contribution in [0.3, 0.4) is 0 Å². The van der Waals surface area contributed by atoms with Gasteiger partial charge < -0.3 is 10.6 Å². The van der Waals surface area contributed by atoms with Crippen LogP contribution >= 0.6 is 0 Å². The van der Waals surface area contributed by atoms with Gasteiger partial charge >= 0.3 is 0 Å². The number of unbranched alkanes of at least 4 members (excludes halogenated alkanes) is 1. The molecule has 0 saturated heterocycles. The summed E-state index contributed by atoms with van der Waals surface area (Å²) in [7, 11) is 0. The number of hydrogen-bond acceptors (Lipinski definition) is 4. The molecule has 0 radical (unpaired) electrons. The molecule has 0 aliphatic heterocycles. The van der Waals surface area contributed by atoms with Crippen molar-refractivity contribution in [3.63, 3.8) is 0 Å². The highest BCUT2D eigenvalue weighted by molar-refractivity contribution is 5.96. The van der Waals surface area contributed by atoms with E-state index in [9.17, 15) is 9.59 Å². The fourth-order valence-corrected chi connectivity index (χ4v) is 1.11. The summed E-state index contributed by atoms with van der Waals surface area (Å²) in [5, 5.41) is 18.8. The number of rotatable bonds is 5. The lowest BCUT2D eigenvalue weighted by molar-refractivity contribution is -0.121. The van der Waals surface area contributed by atoms with Crippen LogP contribution in [0.25, 0.3) is 0 Å². The van der Waals surface area contributed by atoms with Crippen molar-refractivity contribution < 1.29 is 9.59 Å². The van der Waals surface area contributed by atoms with E-state index in [1.807, 2.05) is 0 Å². The molecule has 6 nitrogen and oxygen atoms in total. The molecule has 0 heterocycles. The van der Waals surface area contributed by atoms with E-state index in [0.717, 1.165) is 0 Å². The third kappa shape index (κ3) is 8.86. The predicted molar refractivity (Wildman–Crippen MR) is 61.6 cm³/mol. The van der Waals surface area contributed by atoms with Crippen molar-refractivity contribution in [2.24, 2.45) is 0 Å². The molecule has 0 fully saturated rings. The molecule has 0 spiro atoms. The van der Waals surface area contributed by atoms with Crippen LogP contribution in [0.1, 0.15) is 39.5 Å². The fourth-order valence-electron chi connectivity index (χ4n) is 1.11. The lowest BCUT2D eigenvalue weighted by Gasteiger charge is -2.03. The summed E-state index contributed by atoms with van der Waals surface area (Å²) in [5.41, 5.74) is 0. The third-order valence-corrected chi connectivity index (χ3v) is 1.71. The fraction of sp³-hybridized carbons (Fsp3) is 0.600. The number of carbonyl (C=O) groups excluding carboxylic acids is 2. The summed E-state index contributed by atoms with van der Waals surface area (Å²) in [5.74, 6) is -0.142. The van der Waals surface area contributed by atoms with Crippen LogP contribution in [0.4, 0.5) is 0 Å². The summed E-state index contributed by atoms with van der Waals surface area (Å²) in [6, 6.07) is 0. The number of amides is 2. The van der Waals surface area contributed by atoms with Crippen molar-refractivity contribution in [1.29, 1.82) is 10.8 Å². The molecule has 0 atom stereocenters. The van der Waals surface area contributed by atoms with Crippen LogP contribution in [0.5, 0.6) is 0 Å². The molecular formula is C10H18N4O2. The topological polar surface area (TPSA) is 106 Å². The van der Waals surface area contributed by atoms with Crippen LogP contribution in [0.2, 0.25) is 0 Å². The van der Waals surface area contributed by atoms with E-state index in [1.165, 1.54) is 13.8 Å². The van der Waals surface area contributed by atoms with Gasteiger partial charge in [0.1, 0.15) is 0 Å². The molecule has 0 aromatic heterocycles. The van der Waals surface area contributed by atoms with Crippen molar-refractivity contribution in [2.45, 2.75) is 39.5 Å². The first kappa shape index (κ1) is 14.3. The summed E-state index contributed by atoms with van der Waals surface area (Å²) in [6.45, 7) is 3.00. The van der Waals surface area contributed by atoms with Crippen molar-refractivity contribution in [3.05, 3.63) is 0 Å². The molecule has 0 unspecified atom stereocenters. The summed E-state index contributed by atoms with van der Waals surface area (Å²) < 4.78 is 0. The Labute approximate surface area is 94.8 Å². The first-order chi connectivity index (χ1) is 7.41. The highest BCUT2D eigenvalue weighted by atomic mass is 16.2. The van der Waals surface area contributed by atoms with Gasteiger partial charge in [0.25, 0.3) is 0 Å². The summed E-state index contributed by atoms with van der Waals surface area (Å²) in [4.78, 5) is 22.2. The Bertz CT molecular complexity index is 269. The third-order valence-electron chi connectivity index (χ3n) is 1.71. The highest BCUT2D eigenvalue weighted by Crippen LogP contribution is 1.99. The van der Waals surface area contributed by atoms with Gasteiger partial charge in [-0.1, -0.05) is 0 Å². The Morgan fingerprint density at radius 2 is 1.19 bits per heavy atom. The van der Waals surface area contributed by atoms with Gasteiger partial charge in [0.15, 0.2) is 0 Å². The molecule has 0 saturated carbocycles. The van der Waals surface area contributed by atoms with E-state index in [4.69, 9.17) is 10.8 Å². The van der Waals surface area contributed by atoms with E-state index >= 15 is 0 Å². The molecule has 0 aliphatic carbocycles. The Morgan fingerprint density at radius 3 is 1.44 bits per heavy atom. The van der Waals surface area contributed by atoms with Gasteiger partial charge in [0, 0.05) is 12.8 Å². The maximum absolute atomic E-state index is 11.1. The molecule has 0 rings (SSSR count). The van der Waals surface area contributed by atoms with E-state index in [1.54, 1.807) is 0 Å². The SMILES string of the molecule is CC(=N)NC(=O)CCCCC(=O)NC(C)=N. The van der Waals surface area contributed by atoms with Crippen molar-refractivity contribution in [1.82, 2.24) is 10.6 Å². The van der Waals surface area contributed by atoms with Crippen LogP contribution in [-0.4, -0.2) is 23.5 Å². The molecule has 0 aromatic rings. The van der Waals surface area contributed by atoms with E-state index < -0.39 is 0 Å². The average Bonchev–Trinajstić information content (AvgIpc) is 2.10. The van der Waals surface area contributed by atoms with Crippen molar-refractivity contribution in [3.8, 4) is 0 Å². The highest BCUT2D eigenvalue weighted by Gasteiger charge is 2.04. The van der Waals surface area contributed by atoms with Crippen LogP contribution in [0, 0.1) is 10.8 Å². The number of carbonyl (C=O) groups is 2. The quantitative estimate of drug-likeness (QED) is 0.316. The number of amidine groups is 2. The lowest BCUT2D eigenvalue weighted by atomic mass is 10.2. The zero-order chi connectivity index (χ0) is 12.6. The second-order valence-electron chi connectivity index (χ2n) is 3.55. The summed E-state index contributed by atoms with van der Waals surface area (Å²) >= 11 is 0. The minimum Gasteiger partial charge on any atom is -0.315 e. The van der Waals surface area contributed by atoms with Crippen LogP contribution < -0.4 is 10.6 Å². The normalized spacial score (nSPS) is 9.38. The second-order valence-corrected chi connectivity index (χ2v) is 3.55. The first-order valence-corrected chi connectivity index (χ1v) is 5.12. The molecule has 0 bridgehead atoms. The Morgan fingerprint density at radius 1 is 0.875 bits per heavy atom. The molecule has 0 aliphatic rings. The molecular weight excluding hydrogens is 208 g/mol. The first-order valence-electron chi connectivity index (χ1n) is 5.12. The van der Waals surface area contributed by atoms with Gasteiger partial charge in [0.2, 0.25) is 11.8 Å². The zero-order valence-electron chi connectivity index (χ0n) is 9.64. The maximum Gasteiger partial charge on any atom is 0.225 e. The largest absolute Gasteiger partial charge is 0.315 e. The lowest BCUT2D eigenvalue weighted by Crippen LogP contribution is -2.28. The van der Waals surface area contributed by atoms with Gasteiger partial charge in [-0.25, -0.2) is 0 Å². The zero-order valence-corrected chi connectivity index (χ0v) is 9.64. The minimum atomic E-state index is -0.198. The van der Waals surface area contributed by atoms with Gasteiger partial charge in [-0.05, 0) is 26.7 Å². The molecule has 90 valence electrons. The number of hydrogen-bond donors (Lipinski definition) is 4. The Balaban J connectivity index is 3.53. The number of nitrogens with one attached hydrogen (secondary N) is 4. The minimum absolute atomic E-state index is 0.127. The van der Waals surface area contributed by atoms with Gasteiger partial charge in [0.05, 0.1) is 11.7 Å². The van der Waals surface area contributed by atoms with Crippen LogP contribution in [-0.2, 0) is 9.59 Å². The summed E-state index contributed by atoms with van der Waals surface area (Å²) in [6.07, 6.45) is 1.83. The van der Waals surface area contributed by atoms with Gasteiger partial charge in [-0.2, -0.15) is 0 Å². The molecule has 0 aromatic carbocycles. The standard InChI is InChI=1S/C10H18N4O2/c1-7(11)13-9(15)5-3-4-6-10(16)14-8(2)12/h3-6H2,1-2H3,(H2,11,13,15)(H2,12,14,16). The van der Waals surface area contributed by atoms with Crippen LogP contribution in [0.15, 0.2) is 0 Å². The predicted octanol–water partition coefficient (Wildman–Crippen LogP) is 0.774.